The topological polar surface area (TPSA) is 59.8 Å². The molecule has 1 atom stereocenters. The molecule has 0 radical (unpaired) electrons. The second-order valence-corrected chi connectivity index (χ2v) is 9.33. The monoisotopic (exact) mass is 470 g/mol. The predicted octanol–water partition coefficient (Wildman–Crippen LogP) is 4.57. The van der Waals surface area contributed by atoms with Crippen molar-refractivity contribution in [2.45, 2.75) is 44.6 Å². The van der Waals surface area contributed by atoms with Crippen LogP contribution < -0.4 is 10.9 Å². The smallest absolute Gasteiger partial charge is 0.309 e. The second kappa shape index (κ2) is 8.72. The number of aryl methyl sites for hydroxylation is 1. The van der Waals surface area contributed by atoms with Gasteiger partial charge in [-0.2, -0.15) is 13.2 Å². The summed E-state index contributed by atoms with van der Waals surface area (Å²) in [6.07, 6.45) is 3.11. The van der Waals surface area contributed by atoms with Crippen molar-refractivity contribution in [3.63, 3.8) is 0 Å². The fourth-order valence-electron chi connectivity index (χ4n) is 4.30. The van der Waals surface area contributed by atoms with E-state index in [0.717, 1.165) is 53.9 Å². The van der Waals surface area contributed by atoms with Gasteiger partial charge in [-0.3, -0.25) is 14.3 Å². The van der Waals surface area contributed by atoms with Gasteiger partial charge in [0.1, 0.15) is 4.83 Å². The molecule has 33 heavy (non-hydrogen) atoms. The van der Waals surface area contributed by atoms with Crippen LogP contribution in [0.4, 0.5) is 13.2 Å². The van der Waals surface area contributed by atoms with Crippen LogP contribution in [-0.4, -0.2) is 20.6 Å². The first kappa shape index (κ1) is 21.8. The largest absolute Gasteiger partial charge is 0.416 e. The highest BCUT2D eigenvalue weighted by Gasteiger charge is 2.30. The number of rotatable bonds is 5. The van der Waals surface area contributed by atoms with Crippen molar-refractivity contribution in [3.05, 3.63) is 92.6 Å². The van der Waals surface area contributed by atoms with Gasteiger partial charge in [-0.25, -0.2) is 4.98 Å². The minimum atomic E-state index is -4.42. The SMILES string of the molecule is O=c1c2c3c(sc2ncn1Cc1cccc(C(F)(F)F)c1)C[C@@H](NCc1cccnc1)CC3. The fraction of sp³-hybridized carbons (Fsp3) is 0.292. The summed E-state index contributed by atoms with van der Waals surface area (Å²) < 4.78 is 40.5. The number of nitrogens with zero attached hydrogens (tertiary/aromatic N) is 3. The van der Waals surface area contributed by atoms with E-state index in [-0.39, 0.29) is 12.1 Å². The Morgan fingerprint density at radius 2 is 2.03 bits per heavy atom. The van der Waals surface area contributed by atoms with Crippen LogP contribution in [-0.2, 0) is 32.1 Å². The quantitative estimate of drug-likeness (QED) is 0.464. The standard InChI is InChI=1S/C24H21F3N4OS/c25-24(26,27)17-5-1-3-15(9-17)13-31-14-30-22-21(23(31)32)19-7-6-18(10-20(19)33-22)29-12-16-4-2-8-28-11-16/h1-5,8-9,11,14,18,29H,6-7,10,12-13H2/t18-/m0/s1. The maximum absolute atomic E-state index is 13.2. The molecule has 4 aromatic rings. The van der Waals surface area contributed by atoms with Gasteiger partial charge in [-0.15, -0.1) is 11.3 Å². The molecule has 1 aliphatic carbocycles. The van der Waals surface area contributed by atoms with E-state index in [1.165, 1.54) is 28.3 Å². The molecule has 1 aliphatic rings. The highest BCUT2D eigenvalue weighted by atomic mass is 32.1. The summed E-state index contributed by atoms with van der Waals surface area (Å²) in [5.41, 5.74) is 1.65. The summed E-state index contributed by atoms with van der Waals surface area (Å²) in [6.45, 7) is 0.784. The van der Waals surface area contributed by atoms with Gasteiger partial charge in [0.05, 0.1) is 23.8 Å². The molecule has 0 aliphatic heterocycles. The van der Waals surface area contributed by atoms with Crippen molar-refractivity contribution in [3.8, 4) is 0 Å². The molecule has 0 amide bonds. The van der Waals surface area contributed by atoms with Crippen LogP contribution >= 0.6 is 11.3 Å². The minimum Gasteiger partial charge on any atom is -0.309 e. The van der Waals surface area contributed by atoms with Crippen molar-refractivity contribution in [1.82, 2.24) is 19.9 Å². The van der Waals surface area contributed by atoms with Gasteiger partial charge in [0, 0.05) is 29.9 Å². The second-order valence-electron chi connectivity index (χ2n) is 8.24. The number of benzene rings is 1. The van der Waals surface area contributed by atoms with Crippen LogP contribution in [0, 0.1) is 0 Å². The van der Waals surface area contributed by atoms with Crippen molar-refractivity contribution in [2.75, 3.05) is 0 Å². The first-order chi connectivity index (χ1) is 15.9. The Bertz CT molecular complexity index is 1350. The maximum atomic E-state index is 13.2. The Balaban J connectivity index is 1.37. The van der Waals surface area contributed by atoms with E-state index in [2.05, 4.69) is 15.3 Å². The molecule has 3 aromatic heterocycles. The highest BCUT2D eigenvalue weighted by Crippen LogP contribution is 2.34. The molecular weight excluding hydrogens is 449 g/mol. The first-order valence-electron chi connectivity index (χ1n) is 10.7. The number of nitrogens with one attached hydrogen (secondary N) is 1. The van der Waals surface area contributed by atoms with Crippen LogP contribution in [0.5, 0.6) is 0 Å². The van der Waals surface area contributed by atoms with Crippen LogP contribution in [0.1, 0.15) is 33.6 Å². The Morgan fingerprint density at radius 3 is 2.82 bits per heavy atom. The molecule has 170 valence electrons. The molecule has 0 saturated carbocycles. The van der Waals surface area contributed by atoms with Gasteiger partial charge in [0.15, 0.2) is 0 Å². The lowest BCUT2D eigenvalue weighted by Gasteiger charge is -2.23. The normalized spacial score (nSPS) is 16.2. The minimum absolute atomic E-state index is 0.0472. The summed E-state index contributed by atoms with van der Waals surface area (Å²) in [7, 11) is 0. The summed E-state index contributed by atoms with van der Waals surface area (Å²) in [5.74, 6) is 0. The predicted molar refractivity (Wildman–Crippen MR) is 121 cm³/mol. The van der Waals surface area contributed by atoms with Gasteiger partial charge < -0.3 is 5.32 Å². The molecular formula is C24H21F3N4OS. The van der Waals surface area contributed by atoms with E-state index >= 15 is 0 Å². The summed E-state index contributed by atoms with van der Waals surface area (Å²) in [5, 5.41) is 4.18. The number of hydrogen-bond donors (Lipinski definition) is 1. The van der Waals surface area contributed by atoms with Crippen molar-refractivity contribution >= 4 is 21.6 Å². The van der Waals surface area contributed by atoms with E-state index in [9.17, 15) is 18.0 Å². The number of pyridine rings is 1. The molecule has 0 fully saturated rings. The Hall–Kier alpha value is -3.04. The van der Waals surface area contributed by atoms with E-state index in [0.29, 0.717) is 21.8 Å². The molecule has 1 N–H and O–H groups in total. The van der Waals surface area contributed by atoms with Crippen LogP contribution in [0.25, 0.3) is 10.2 Å². The maximum Gasteiger partial charge on any atom is 0.416 e. The highest BCUT2D eigenvalue weighted by molar-refractivity contribution is 7.18. The number of hydrogen-bond acceptors (Lipinski definition) is 5. The van der Waals surface area contributed by atoms with Gasteiger partial charge in [-0.05, 0) is 54.2 Å². The molecule has 0 spiro atoms. The van der Waals surface area contributed by atoms with E-state index < -0.39 is 11.7 Å². The van der Waals surface area contributed by atoms with Crippen molar-refractivity contribution < 1.29 is 13.2 Å². The molecule has 0 unspecified atom stereocenters. The lowest BCUT2D eigenvalue weighted by atomic mass is 9.93. The molecule has 1 aromatic carbocycles. The van der Waals surface area contributed by atoms with Crippen LogP contribution in [0.15, 0.2) is 59.9 Å². The Labute approximate surface area is 191 Å². The Kier molecular flexibility index (Phi) is 5.76. The van der Waals surface area contributed by atoms with E-state index in [4.69, 9.17) is 0 Å². The average Bonchev–Trinajstić information content (AvgIpc) is 3.18. The van der Waals surface area contributed by atoms with E-state index in [1.807, 2.05) is 18.3 Å². The number of thiophene rings is 1. The molecule has 3 heterocycles. The molecule has 5 nitrogen and oxygen atoms in total. The lowest BCUT2D eigenvalue weighted by Crippen LogP contribution is -2.33. The average molecular weight is 471 g/mol. The molecule has 9 heteroatoms. The number of fused-ring (bicyclic) bond motifs is 3. The van der Waals surface area contributed by atoms with Gasteiger partial charge >= 0.3 is 6.18 Å². The zero-order chi connectivity index (χ0) is 23.0. The van der Waals surface area contributed by atoms with Crippen molar-refractivity contribution in [1.29, 1.82) is 0 Å². The third kappa shape index (κ3) is 4.56. The zero-order valence-electron chi connectivity index (χ0n) is 17.6. The summed E-state index contributed by atoms with van der Waals surface area (Å²) >= 11 is 1.53. The van der Waals surface area contributed by atoms with Gasteiger partial charge in [-0.1, -0.05) is 18.2 Å². The lowest BCUT2D eigenvalue weighted by molar-refractivity contribution is -0.137. The summed E-state index contributed by atoms with van der Waals surface area (Å²) in [4.78, 5) is 23.7. The van der Waals surface area contributed by atoms with Gasteiger partial charge in [0.25, 0.3) is 5.56 Å². The molecule has 0 bridgehead atoms. The number of aromatic nitrogens is 3. The van der Waals surface area contributed by atoms with Gasteiger partial charge in [0.2, 0.25) is 0 Å². The summed E-state index contributed by atoms with van der Waals surface area (Å²) in [6, 6.07) is 9.31. The molecule has 0 saturated heterocycles. The van der Waals surface area contributed by atoms with E-state index in [1.54, 1.807) is 12.3 Å². The Morgan fingerprint density at radius 1 is 1.18 bits per heavy atom. The number of alkyl halides is 3. The van der Waals surface area contributed by atoms with Crippen LogP contribution in [0.3, 0.4) is 0 Å². The number of halogens is 3. The van der Waals surface area contributed by atoms with Crippen molar-refractivity contribution in [2.24, 2.45) is 0 Å². The first-order valence-corrected chi connectivity index (χ1v) is 11.5. The zero-order valence-corrected chi connectivity index (χ0v) is 18.4. The third-order valence-electron chi connectivity index (χ3n) is 5.96. The molecule has 5 rings (SSSR count). The third-order valence-corrected chi connectivity index (χ3v) is 7.12. The fourth-order valence-corrected chi connectivity index (χ4v) is 5.55. The van der Waals surface area contributed by atoms with Crippen LogP contribution in [0.2, 0.25) is 0 Å².